The summed E-state index contributed by atoms with van der Waals surface area (Å²) in [5, 5.41) is 2.59. The number of sulfone groups is 1. The van der Waals surface area contributed by atoms with Gasteiger partial charge in [0.1, 0.15) is 24.2 Å². The zero-order valence-electron chi connectivity index (χ0n) is 16.9. The zero-order chi connectivity index (χ0) is 21.7. The number of carbonyl (C=O) groups is 2. The highest BCUT2D eigenvalue weighted by molar-refractivity contribution is 7.90. The normalized spacial score (nSPS) is 11.6. The maximum atomic E-state index is 11.6. The third kappa shape index (κ3) is 7.23. The van der Waals surface area contributed by atoms with Crippen molar-refractivity contribution >= 4 is 22.2 Å². The van der Waals surface area contributed by atoms with Crippen molar-refractivity contribution < 1.29 is 27.5 Å². The Hall–Kier alpha value is -2.87. The van der Waals surface area contributed by atoms with Crippen molar-refractivity contribution in [1.82, 2.24) is 5.32 Å². The number of nitrogens with one attached hydrogen (secondary N) is 1. The number of benzene rings is 2. The summed E-state index contributed by atoms with van der Waals surface area (Å²) in [6.07, 6.45) is 1.32. The predicted octanol–water partition coefficient (Wildman–Crippen LogP) is 3.47. The molecule has 2 aromatic carbocycles. The molecule has 0 aliphatic carbocycles. The summed E-state index contributed by atoms with van der Waals surface area (Å²) >= 11 is 0. The first-order valence-corrected chi connectivity index (χ1v) is 10.9. The van der Waals surface area contributed by atoms with Crippen LogP contribution in [0.2, 0.25) is 0 Å². The lowest BCUT2D eigenvalue weighted by molar-refractivity contribution is 0.0520. The summed E-state index contributed by atoms with van der Waals surface area (Å²) in [6, 6.07) is 11.4. The number of hydrogen-bond acceptors (Lipinski definition) is 6. The summed E-state index contributed by atoms with van der Waals surface area (Å²) < 4.78 is 34.0. The van der Waals surface area contributed by atoms with Crippen LogP contribution in [0.3, 0.4) is 0 Å². The van der Waals surface area contributed by atoms with Gasteiger partial charge in [0.2, 0.25) is 0 Å². The average Bonchev–Trinajstić information content (AvgIpc) is 2.63. The topological polar surface area (TPSA) is 98.8 Å². The van der Waals surface area contributed by atoms with Gasteiger partial charge in [0.15, 0.2) is 9.84 Å². The lowest BCUT2D eigenvalue weighted by Crippen LogP contribution is -2.34. The van der Waals surface area contributed by atoms with E-state index in [9.17, 15) is 18.0 Å². The molecule has 1 N–H and O–H groups in total. The van der Waals surface area contributed by atoms with E-state index in [2.05, 4.69) is 5.32 Å². The maximum Gasteiger partial charge on any atom is 0.407 e. The average molecular weight is 419 g/mol. The van der Waals surface area contributed by atoms with Gasteiger partial charge in [0, 0.05) is 11.8 Å². The van der Waals surface area contributed by atoms with Gasteiger partial charge in [-0.15, -0.1) is 0 Å². The van der Waals surface area contributed by atoms with Crippen LogP contribution in [0.1, 0.15) is 31.1 Å². The summed E-state index contributed by atoms with van der Waals surface area (Å²) in [6.45, 7) is 5.75. The van der Waals surface area contributed by atoms with Gasteiger partial charge in [-0.05, 0) is 62.2 Å². The van der Waals surface area contributed by atoms with Crippen molar-refractivity contribution in [1.29, 1.82) is 0 Å². The van der Waals surface area contributed by atoms with Gasteiger partial charge in [-0.1, -0.05) is 12.1 Å². The summed E-state index contributed by atoms with van der Waals surface area (Å²) in [4.78, 5) is 23.1. The van der Waals surface area contributed by atoms with Gasteiger partial charge in [0.25, 0.3) is 0 Å². The first-order valence-electron chi connectivity index (χ1n) is 8.98. The molecule has 0 unspecified atom stereocenters. The second-order valence-electron chi connectivity index (χ2n) is 7.48. The number of ether oxygens (including phenoxy) is 2. The highest BCUT2D eigenvalue weighted by Gasteiger charge is 2.15. The standard InChI is InChI=1S/C21H25NO6S/c1-21(2,3)28-20(24)22-9-10-27-18-12-15(14-23)11-17(13-18)16-5-7-19(8-6-16)29(4,25)26/h5-8,11-14H,9-10H2,1-4H3,(H,22,24). The molecule has 0 bridgehead atoms. The molecule has 29 heavy (non-hydrogen) atoms. The molecule has 0 fully saturated rings. The maximum absolute atomic E-state index is 11.6. The first kappa shape index (κ1) is 22.4. The minimum atomic E-state index is -3.28. The molecule has 0 aliphatic rings. The van der Waals surface area contributed by atoms with Crippen molar-refractivity contribution in [3.8, 4) is 16.9 Å². The van der Waals surface area contributed by atoms with Crippen molar-refractivity contribution in [3.63, 3.8) is 0 Å². The number of rotatable bonds is 7. The highest BCUT2D eigenvalue weighted by atomic mass is 32.2. The SMILES string of the molecule is CC(C)(C)OC(=O)NCCOc1cc(C=O)cc(-c2ccc(S(C)(=O)=O)cc2)c1. The van der Waals surface area contributed by atoms with Gasteiger partial charge in [0.05, 0.1) is 11.4 Å². The number of amides is 1. The molecule has 2 aromatic rings. The molecule has 2 rings (SSSR count). The van der Waals surface area contributed by atoms with Crippen molar-refractivity contribution in [2.45, 2.75) is 31.3 Å². The fourth-order valence-corrected chi connectivity index (χ4v) is 3.10. The Morgan fingerprint density at radius 1 is 1.07 bits per heavy atom. The van der Waals surface area contributed by atoms with E-state index in [1.807, 2.05) is 0 Å². The van der Waals surface area contributed by atoms with E-state index in [0.29, 0.717) is 23.2 Å². The highest BCUT2D eigenvalue weighted by Crippen LogP contribution is 2.27. The van der Waals surface area contributed by atoms with Crippen LogP contribution in [0.25, 0.3) is 11.1 Å². The quantitative estimate of drug-likeness (QED) is 0.545. The first-order chi connectivity index (χ1) is 13.5. The Bertz CT molecular complexity index is 975. The second kappa shape index (κ2) is 9.09. The molecular formula is C21H25NO6S. The Labute approximate surface area is 170 Å². The smallest absolute Gasteiger partial charge is 0.407 e. The molecule has 0 saturated heterocycles. The van der Waals surface area contributed by atoms with Crippen LogP contribution in [0.15, 0.2) is 47.4 Å². The zero-order valence-corrected chi connectivity index (χ0v) is 17.7. The van der Waals surface area contributed by atoms with Gasteiger partial charge >= 0.3 is 6.09 Å². The van der Waals surface area contributed by atoms with Gasteiger partial charge in [-0.2, -0.15) is 0 Å². The number of aldehydes is 1. The Morgan fingerprint density at radius 2 is 1.72 bits per heavy atom. The fraction of sp³-hybridized carbons (Fsp3) is 0.333. The summed E-state index contributed by atoms with van der Waals surface area (Å²) in [5.74, 6) is 0.461. The molecule has 0 radical (unpaired) electrons. The monoisotopic (exact) mass is 419 g/mol. The van der Waals surface area contributed by atoms with E-state index in [1.165, 1.54) is 12.1 Å². The van der Waals surface area contributed by atoms with Crippen molar-refractivity contribution in [2.24, 2.45) is 0 Å². The van der Waals surface area contributed by atoms with Gasteiger partial charge in [-0.3, -0.25) is 4.79 Å². The van der Waals surface area contributed by atoms with Crippen LogP contribution in [-0.2, 0) is 14.6 Å². The molecular weight excluding hydrogens is 394 g/mol. The van der Waals surface area contributed by atoms with Gasteiger partial charge < -0.3 is 14.8 Å². The number of carbonyl (C=O) groups excluding carboxylic acids is 2. The van der Waals surface area contributed by atoms with E-state index >= 15 is 0 Å². The molecule has 1 amide bonds. The van der Waals surface area contributed by atoms with Crippen LogP contribution in [-0.4, -0.2) is 45.8 Å². The third-order valence-corrected chi connectivity index (χ3v) is 4.85. The van der Waals surface area contributed by atoms with E-state index in [4.69, 9.17) is 9.47 Å². The second-order valence-corrected chi connectivity index (χ2v) is 9.50. The summed E-state index contributed by atoms with van der Waals surface area (Å²) in [7, 11) is -3.28. The molecule has 0 spiro atoms. The number of hydrogen-bond donors (Lipinski definition) is 1. The van der Waals surface area contributed by atoms with Crippen LogP contribution in [0.5, 0.6) is 5.75 Å². The van der Waals surface area contributed by atoms with Crippen molar-refractivity contribution in [2.75, 3.05) is 19.4 Å². The van der Waals surface area contributed by atoms with Crippen molar-refractivity contribution in [3.05, 3.63) is 48.0 Å². The molecule has 0 saturated carbocycles. The Kier molecular flexibility index (Phi) is 7.02. The van der Waals surface area contributed by atoms with Gasteiger partial charge in [-0.25, -0.2) is 13.2 Å². The Morgan fingerprint density at radius 3 is 2.28 bits per heavy atom. The van der Waals surface area contributed by atoms with Crippen LogP contribution < -0.4 is 10.1 Å². The summed E-state index contributed by atoms with van der Waals surface area (Å²) in [5.41, 5.74) is 1.30. The molecule has 0 aliphatic heterocycles. The van der Waals surface area contributed by atoms with E-state index in [-0.39, 0.29) is 18.0 Å². The Balaban J connectivity index is 2.07. The predicted molar refractivity (Wildman–Crippen MR) is 110 cm³/mol. The third-order valence-electron chi connectivity index (χ3n) is 3.72. The van der Waals surface area contributed by atoms with Crippen LogP contribution in [0.4, 0.5) is 4.79 Å². The van der Waals surface area contributed by atoms with Crippen LogP contribution in [0, 0.1) is 0 Å². The fourth-order valence-electron chi connectivity index (χ4n) is 2.47. The largest absolute Gasteiger partial charge is 0.492 e. The minimum Gasteiger partial charge on any atom is -0.492 e. The van der Waals surface area contributed by atoms with Crippen LogP contribution >= 0.6 is 0 Å². The molecule has 7 nitrogen and oxygen atoms in total. The van der Waals surface area contributed by atoms with E-state index in [1.54, 1.807) is 51.1 Å². The molecule has 156 valence electrons. The van der Waals surface area contributed by atoms with E-state index < -0.39 is 21.5 Å². The minimum absolute atomic E-state index is 0.189. The lowest BCUT2D eigenvalue weighted by Gasteiger charge is -2.19. The lowest BCUT2D eigenvalue weighted by atomic mass is 10.0. The number of alkyl carbamates (subject to hydrolysis) is 1. The molecule has 8 heteroatoms. The molecule has 0 atom stereocenters. The molecule has 0 heterocycles. The molecule has 0 aromatic heterocycles. The van der Waals surface area contributed by atoms with E-state index in [0.717, 1.165) is 11.8 Å².